The quantitative estimate of drug-likeness (QED) is 0.677. The van der Waals surface area contributed by atoms with E-state index in [0.717, 1.165) is 6.07 Å². The number of hydrogen-bond acceptors (Lipinski definition) is 5. The lowest BCUT2D eigenvalue weighted by Gasteiger charge is -2.27. The summed E-state index contributed by atoms with van der Waals surface area (Å²) in [6.45, 7) is 4.02. The van der Waals surface area contributed by atoms with Crippen molar-refractivity contribution in [3.05, 3.63) is 40.3 Å². The Balaban J connectivity index is 2.62. The summed E-state index contributed by atoms with van der Waals surface area (Å²) in [5.74, 6) is -0.711. The van der Waals surface area contributed by atoms with Crippen LogP contribution in [0.25, 0.3) is 10.9 Å². The molecule has 0 atom stereocenters. The molecule has 0 radical (unpaired) electrons. The minimum atomic E-state index is -0.711. The topological polar surface area (TPSA) is 77.3 Å². The molecule has 1 N–H and O–H groups in total. The Labute approximate surface area is 121 Å². The lowest BCUT2D eigenvalue weighted by Crippen LogP contribution is -2.36. The average molecular weight is 293 g/mol. The van der Waals surface area contributed by atoms with Crippen molar-refractivity contribution in [1.29, 1.82) is 0 Å². The molecule has 0 fully saturated rings. The zero-order chi connectivity index (χ0) is 15.6. The van der Waals surface area contributed by atoms with Gasteiger partial charge in [0, 0.05) is 13.3 Å². The van der Waals surface area contributed by atoms with Gasteiger partial charge in [0.15, 0.2) is 5.82 Å². The van der Waals surface area contributed by atoms with Crippen molar-refractivity contribution < 1.29 is 14.1 Å². The first kappa shape index (κ1) is 15.1. The number of ether oxygens (including phenoxy) is 1. The van der Waals surface area contributed by atoms with Gasteiger partial charge in [-0.1, -0.05) is 0 Å². The lowest BCUT2D eigenvalue weighted by atomic mass is 10.0. The highest BCUT2D eigenvalue weighted by Gasteiger charge is 2.25. The third-order valence-electron chi connectivity index (χ3n) is 2.99. The van der Waals surface area contributed by atoms with Gasteiger partial charge in [-0.2, -0.15) is 0 Å². The molecule has 0 unspecified atom stereocenters. The maximum atomic E-state index is 14.3. The molecule has 112 valence electrons. The summed E-state index contributed by atoms with van der Waals surface area (Å²) in [7, 11) is 1.55. The Morgan fingerprint density at radius 1 is 1.52 bits per heavy atom. The molecule has 0 spiro atoms. The van der Waals surface area contributed by atoms with E-state index < -0.39 is 16.3 Å². The molecular formula is C14H16FN3O3. The first-order valence-electron chi connectivity index (χ1n) is 6.34. The summed E-state index contributed by atoms with van der Waals surface area (Å²) in [6.07, 6.45) is 1.47. The van der Waals surface area contributed by atoms with Crippen LogP contribution in [0.1, 0.15) is 13.8 Å². The number of rotatable bonds is 5. The number of aromatic nitrogens is 1. The van der Waals surface area contributed by atoms with Gasteiger partial charge in [0.25, 0.3) is 5.69 Å². The van der Waals surface area contributed by atoms with Crippen LogP contribution in [0.2, 0.25) is 0 Å². The molecule has 0 aliphatic heterocycles. The number of halogens is 1. The van der Waals surface area contributed by atoms with Gasteiger partial charge in [0.1, 0.15) is 5.52 Å². The second-order valence-electron chi connectivity index (χ2n) is 5.35. The van der Waals surface area contributed by atoms with Gasteiger partial charge in [0.05, 0.1) is 34.2 Å². The maximum absolute atomic E-state index is 14.3. The molecule has 7 heteroatoms. The Morgan fingerprint density at radius 3 is 2.86 bits per heavy atom. The third-order valence-corrected chi connectivity index (χ3v) is 2.99. The first-order chi connectivity index (χ1) is 9.85. The van der Waals surface area contributed by atoms with Crippen LogP contribution in [-0.2, 0) is 4.74 Å². The number of nitrogens with one attached hydrogen (secondary N) is 1. The normalized spacial score (nSPS) is 11.6. The third kappa shape index (κ3) is 3.08. The predicted octanol–water partition coefficient (Wildman–Crippen LogP) is 3.12. The predicted molar refractivity (Wildman–Crippen MR) is 77.9 cm³/mol. The van der Waals surface area contributed by atoms with E-state index in [4.69, 9.17) is 4.74 Å². The van der Waals surface area contributed by atoms with Crippen LogP contribution in [0.15, 0.2) is 24.4 Å². The van der Waals surface area contributed by atoms with E-state index in [0.29, 0.717) is 12.0 Å². The van der Waals surface area contributed by atoms with Gasteiger partial charge in [-0.25, -0.2) is 4.39 Å². The molecule has 21 heavy (non-hydrogen) atoms. The molecule has 0 aliphatic rings. The van der Waals surface area contributed by atoms with Crippen molar-refractivity contribution in [3.63, 3.8) is 0 Å². The smallest absolute Gasteiger partial charge is 0.281 e. The van der Waals surface area contributed by atoms with Crippen molar-refractivity contribution in [2.24, 2.45) is 0 Å². The highest BCUT2D eigenvalue weighted by molar-refractivity contribution is 5.97. The van der Waals surface area contributed by atoms with Crippen molar-refractivity contribution in [1.82, 2.24) is 4.98 Å². The zero-order valence-corrected chi connectivity index (χ0v) is 12.0. The SMILES string of the molecule is COCC(C)(C)Nc1c(F)cc([N+](=O)[O-])c2cccnc12. The van der Waals surface area contributed by atoms with Gasteiger partial charge >= 0.3 is 0 Å². The van der Waals surface area contributed by atoms with Crippen LogP contribution >= 0.6 is 0 Å². The van der Waals surface area contributed by atoms with Gasteiger partial charge < -0.3 is 10.1 Å². The van der Waals surface area contributed by atoms with Gasteiger partial charge in [-0.3, -0.25) is 15.1 Å². The summed E-state index contributed by atoms with van der Waals surface area (Å²) < 4.78 is 19.3. The highest BCUT2D eigenvalue weighted by Crippen LogP contribution is 2.34. The van der Waals surface area contributed by atoms with Crippen molar-refractivity contribution in [2.75, 3.05) is 19.0 Å². The Kier molecular flexibility index (Phi) is 4.04. The van der Waals surface area contributed by atoms with Crippen molar-refractivity contribution in [3.8, 4) is 0 Å². The standard InChI is InChI=1S/C14H16FN3O3/c1-14(2,8-21-3)17-13-10(15)7-11(18(19)20)9-5-4-6-16-12(9)13/h4-7,17H,8H2,1-3H3. The van der Waals surface area contributed by atoms with E-state index in [1.807, 2.05) is 13.8 Å². The molecule has 6 nitrogen and oxygen atoms in total. The number of non-ortho nitro benzene ring substituents is 1. The molecule has 2 rings (SSSR count). The van der Waals surface area contributed by atoms with Crippen LogP contribution in [0.5, 0.6) is 0 Å². The molecule has 0 aliphatic carbocycles. The number of benzene rings is 1. The second kappa shape index (κ2) is 5.61. The fourth-order valence-corrected chi connectivity index (χ4v) is 2.20. The van der Waals surface area contributed by atoms with E-state index in [1.165, 1.54) is 6.20 Å². The number of nitro benzene ring substituents is 1. The number of anilines is 1. The Bertz CT molecular complexity index is 688. The fourth-order valence-electron chi connectivity index (χ4n) is 2.20. The molecule has 0 saturated carbocycles. The van der Waals surface area contributed by atoms with Crippen LogP contribution in [0, 0.1) is 15.9 Å². The molecule has 1 aromatic heterocycles. The van der Waals surface area contributed by atoms with Crippen LogP contribution in [-0.4, -0.2) is 29.2 Å². The number of hydrogen-bond donors (Lipinski definition) is 1. The van der Waals surface area contributed by atoms with Gasteiger partial charge in [0.2, 0.25) is 0 Å². The molecular weight excluding hydrogens is 277 g/mol. The van der Waals surface area contributed by atoms with E-state index in [9.17, 15) is 14.5 Å². The Morgan fingerprint density at radius 2 is 2.24 bits per heavy atom. The van der Waals surface area contributed by atoms with E-state index in [-0.39, 0.29) is 16.9 Å². The monoisotopic (exact) mass is 293 g/mol. The number of fused-ring (bicyclic) bond motifs is 1. The molecule has 2 aromatic rings. The largest absolute Gasteiger partial charge is 0.382 e. The van der Waals surface area contributed by atoms with E-state index in [1.54, 1.807) is 19.2 Å². The molecule has 0 saturated heterocycles. The van der Waals surface area contributed by atoms with E-state index in [2.05, 4.69) is 10.3 Å². The minimum Gasteiger partial charge on any atom is -0.382 e. The van der Waals surface area contributed by atoms with Crippen molar-refractivity contribution in [2.45, 2.75) is 19.4 Å². The molecule has 1 heterocycles. The van der Waals surface area contributed by atoms with Crippen molar-refractivity contribution >= 4 is 22.3 Å². The summed E-state index contributed by atoms with van der Waals surface area (Å²) >= 11 is 0. The van der Waals surface area contributed by atoms with Gasteiger partial charge in [-0.05, 0) is 26.0 Å². The number of nitrogens with zero attached hydrogens (tertiary/aromatic N) is 2. The summed E-state index contributed by atoms with van der Waals surface area (Å²) in [6, 6.07) is 4.04. The fraction of sp³-hybridized carbons (Fsp3) is 0.357. The lowest BCUT2D eigenvalue weighted by molar-refractivity contribution is -0.383. The number of methoxy groups -OCH3 is 1. The maximum Gasteiger partial charge on any atom is 0.281 e. The van der Waals surface area contributed by atoms with Crippen LogP contribution in [0.4, 0.5) is 15.8 Å². The molecule has 0 bridgehead atoms. The number of pyridine rings is 1. The highest BCUT2D eigenvalue weighted by atomic mass is 19.1. The zero-order valence-electron chi connectivity index (χ0n) is 12.0. The summed E-state index contributed by atoms with van der Waals surface area (Å²) in [5, 5.41) is 14.3. The molecule has 0 amide bonds. The van der Waals surface area contributed by atoms with Crippen LogP contribution < -0.4 is 5.32 Å². The average Bonchev–Trinajstić information content (AvgIpc) is 2.41. The minimum absolute atomic E-state index is 0.137. The van der Waals surface area contributed by atoms with Gasteiger partial charge in [-0.15, -0.1) is 0 Å². The Hall–Kier alpha value is -2.28. The summed E-state index contributed by atoms with van der Waals surface area (Å²) in [4.78, 5) is 14.5. The van der Waals surface area contributed by atoms with Crippen LogP contribution in [0.3, 0.4) is 0 Å². The number of nitro groups is 1. The summed E-state index contributed by atoms with van der Waals surface area (Å²) in [5.41, 5.74) is -0.478. The molecule has 1 aromatic carbocycles. The first-order valence-corrected chi connectivity index (χ1v) is 6.34. The van der Waals surface area contributed by atoms with E-state index >= 15 is 0 Å². The second-order valence-corrected chi connectivity index (χ2v) is 5.35.